The standard InChI is InChI=1S/C21H26N6O2/c1-15-6-7-16-13-17(20-22-23-24-27(20)19(16)12-15)14-26(18-4-2-3-5-18)21(28)25-8-10-29-11-9-25/h6-7,12-13,18H,2-5,8-11,14H2,1H3. The van der Waals surface area contributed by atoms with E-state index in [9.17, 15) is 4.79 Å². The second kappa shape index (κ2) is 7.59. The van der Waals surface area contributed by atoms with Crippen molar-refractivity contribution in [2.45, 2.75) is 45.2 Å². The third kappa shape index (κ3) is 3.42. The molecule has 0 bridgehead atoms. The first-order valence-corrected chi connectivity index (χ1v) is 10.4. The number of benzene rings is 1. The van der Waals surface area contributed by atoms with Gasteiger partial charge in [-0.1, -0.05) is 25.0 Å². The van der Waals surface area contributed by atoms with Gasteiger partial charge in [0, 0.05) is 30.1 Å². The lowest BCUT2D eigenvalue weighted by Gasteiger charge is -2.36. The second-order valence-corrected chi connectivity index (χ2v) is 8.09. The van der Waals surface area contributed by atoms with Crippen LogP contribution in [-0.4, -0.2) is 68.2 Å². The Morgan fingerprint density at radius 1 is 1.21 bits per heavy atom. The predicted octanol–water partition coefficient (Wildman–Crippen LogP) is 2.78. The minimum Gasteiger partial charge on any atom is -0.378 e. The van der Waals surface area contributed by atoms with Gasteiger partial charge in [-0.2, -0.15) is 4.52 Å². The number of pyridine rings is 1. The van der Waals surface area contributed by atoms with E-state index in [2.05, 4.69) is 46.7 Å². The fourth-order valence-electron chi connectivity index (χ4n) is 4.57. The van der Waals surface area contributed by atoms with Crippen LogP contribution in [0.3, 0.4) is 0 Å². The van der Waals surface area contributed by atoms with Crippen LogP contribution in [0.2, 0.25) is 0 Å². The summed E-state index contributed by atoms with van der Waals surface area (Å²) in [5, 5.41) is 13.5. The summed E-state index contributed by atoms with van der Waals surface area (Å²) in [7, 11) is 0. The number of carbonyl (C=O) groups is 1. The number of rotatable bonds is 3. The molecule has 5 rings (SSSR count). The summed E-state index contributed by atoms with van der Waals surface area (Å²) in [4.78, 5) is 17.4. The van der Waals surface area contributed by atoms with E-state index in [1.807, 2.05) is 9.80 Å². The number of aryl methyl sites for hydroxylation is 1. The molecule has 0 spiro atoms. The average molecular weight is 394 g/mol. The predicted molar refractivity (Wildman–Crippen MR) is 109 cm³/mol. The molecule has 0 atom stereocenters. The Bertz CT molecular complexity index is 1040. The molecule has 1 aromatic carbocycles. The van der Waals surface area contributed by atoms with Gasteiger partial charge in [0.15, 0.2) is 5.65 Å². The number of fused-ring (bicyclic) bond motifs is 3. The maximum atomic E-state index is 13.4. The van der Waals surface area contributed by atoms with Crippen molar-refractivity contribution in [3.63, 3.8) is 0 Å². The molecule has 3 aromatic rings. The zero-order valence-corrected chi connectivity index (χ0v) is 16.8. The maximum absolute atomic E-state index is 13.4. The molecule has 3 heterocycles. The summed E-state index contributed by atoms with van der Waals surface area (Å²) < 4.78 is 7.23. The van der Waals surface area contributed by atoms with Crippen LogP contribution in [0, 0.1) is 6.92 Å². The fraction of sp³-hybridized carbons (Fsp3) is 0.524. The molecule has 2 fully saturated rings. The van der Waals surface area contributed by atoms with Gasteiger partial charge in [-0.05, 0) is 47.9 Å². The van der Waals surface area contributed by atoms with E-state index in [-0.39, 0.29) is 12.1 Å². The number of nitrogens with zero attached hydrogens (tertiary/aromatic N) is 6. The molecule has 152 valence electrons. The minimum absolute atomic E-state index is 0.106. The van der Waals surface area contributed by atoms with Crippen molar-refractivity contribution in [3.8, 4) is 0 Å². The molecule has 8 nitrogen and oxygen atoms in total. The van der Waals surface area contributed by atoms with Gasteiger partial charge < -0.3 is 14.5 Å². The van der Waals surface area contributed by atoms with Crippen LogP contribution in [-0.2, 0) is 11.3 Å². The Morgan fingerprint density at radius 3 is 2.79 bits per heavy atom. The smallest absolute Gasteiger partial charge is 0.320 e. The fourth-order valence-corrected chi connectivity index (χ4v) is 4.57. The van der Waals surface area contributed by atoms with E-state index in [1.54, 1.807) is 4.52 Å². The molecular formula is C21H26N6O2. The Morgan fingerprint density at radius 2 is 2.00 bits per heavy atom. The Labute approximate surface area is 169 Å². The van der Waals surface area contributed by atoms with Gasteiger partial charge in [0.25, 0.3) is 0 Å². The summed E-state index contributed by atoms with van der Waals surface area (Å²) in [6, 6.07) is 8.80. The van der Waals surface area contributed by atoms with Crippen LogP contribution in [0.5, 0.6) is 0 Å². The van der Waals surface area contributed by atoms with Gasteiger partial charge in [0.05, 0.1) is 25.3 Å². The molecule has 0 radical (unpaired) electrons. The summed E-state index contributed by atoms with van der Waals surface area (Å²) >= 11 is 0. The van der Waals surface area contributed by atoms with Crippen LogP contribution in [0.25, 0.3) is 16.6 Å². The minimum atomic E-state index is 0.106. The molecule has 1 saturated heterocycles. The SMILES string of the molecule is Cc1ccc2cc(CN(C(=O)N3CCOCC3)C3CCCC3)c3nnnn3c2c1. The van der Waals surface area contributed by atoms with Gasteiger partial charge in [-0.3, -0.25) is 0 Å². The zero-order chi connectivity index (χ0) is 19.8. The monoisotopic (exact) mass is 394 g/mol. The topological polar surface area (TPSA) is 75.9 Å². The zero-order valence-electron chi connectivity index (χ0n) is 16.8. The van der Waals surface area contributed by atoms with Crippen LogP contribution < -0.4 is 0 Å². The Kier molecular flexibility index (Phi) is 4.79. The second-order valence-electron chi connectivity index (χ2n) is 8.09. The number of ether oxygens (including phenoxy) is 1. The van der Waals surface area contributed by atoms with E-state index in [1.165, 1.54) is 12.8 Å². The lowest BCUT2D eigenvalue weighted by Crippen LogP contribution is -2.50. The molecular weight excluding hydrogens is 368 g/mol. The quantitative estimate of drug-likeness (QED) is 0.683. The van der Waals surface area contributed by atoms with E-state index in [0.29, 0.717) is 32.8 Å². The van der Waals surface area contributed by atoms with Gasteiger partial charge in [-0.25, -0.2) is 4.79 Å². The maximum Gasteiger partial charge on any atom is 0.320 e. The summed E-state index contributed by atoms with van der Waals surface area (Å²) in [5.41, 5.74) is 3.86. The first-order chi connectivity index (χ1) is 14.2. The van der Waals surface area contributed by atoms with Crippen molar-refractivity contribution in [1.82, 2.24) is 29.8 Å². The van der Waals surface area contributed by atoms with Crippen molar-refractivity contribution in [2.75, 3.05) is 26.3 Å². The molecule has 0 unspecified atom stereocenters. The van der Waals surface area contributed by atoms with E-state index in [0.717, 1.165) is 40.5 Å². The van der Waals surface area contributed by atoms with Gasteiger partial charge >= 0.3 is 6.03 Å². The van der Waals surface area contributed by atoms with Crippen LogP contribution >= 0.6 is 0 Å². The number of hydrogen-bond donors (Lipinski definition) is 0. The highest BCUT2D eigenvalue weighted by molar-refractivity contribution is 5.84. The van der Waals surface area contributed by atoms with Crippen LogP contribution in [0.4, 0.5) is 4.79 Å². The number of tetrazole rings is 1. The van der Waals surface area contributed by atoms with Crippen molar-refractivity contribution in [2.24, 2.45) is 0 Å². The molecule has 2 aliphatic rings. The molecule has 1 aliphatic heterocycles. The van der Waals surface area contributed by atoms with Gasteiger partial charge in [0.2, 0.25) is 0 Å². The summed E-state index contributed by atoms with van der Waals surface area (Å²) in [6.45, 7) is 5.11. The molecule has 8 heteroatoms. The summed E-state index contributed by atoms with van der Waals surface area (Å²) in [5.74, 6) is 0. The Balaban J connectivity index is 1.53. The first kappa shape index (κ1) is 18.3. The number of urea groups is 1. The highest BCUT2D eigenvalue weighted by Crippen LogP contribution is 2.28. The third-order valence-corrected chi connectivity index (χ3v) is 6.13. The van der Waals surface area contributed by atoms with Crippen molar-refractivity contribution < 1.29 is 9.53 Å². The molecule has 1 aliphatic carbocycles. The number of carbonyl (C=O) groups excluding carboxylic acids is 1. The number of hydrogen-bond acceptors (Lipinski definition) is 5. The van der Waals surface area contributed by atoms with Gasteiger partial charge in [0.1, 0.15) is 0 Å². The van der Waals surface area contributed by atoms with Crippen LogP contribution in [0.15, 0.2) is 24.3 Å². The molecule has 1 saturated carbocycles. The molecule has 2 aromatic heterocycles. The summed E-state index contributed by atoms with van der Waals surface area (Å²) in [6.07, 6.45) is 4.47. The molecule has 29 heavy (non-hydrogen) atoms. The average Bonchev–Trinajstić information content (AvgIpc) is 3.45. The van der Waals surface area contributed by atoms with Crippen molar-refractivity contribution in [1.29, 1.82) is 0 Å². The normalized spacial score (nSPS) is 18.0. The number of amides is 2. The third-order valence-electron chi connectivity index (χ3n) is 6.13. The molecule has 0 N–H and O–H groups in total. The van der Waals surface area contributed by atoms with E-state index in [4.69, 9.17) is 4.74 Å². The van der Waals surface area contributed by atoms with E-state index >= 15 is 0 Å². The highest BCUT2D eigenvalue weighted by atomic mass is 16.5. The van der Waals surface area contributed by atoms with Crippen LogP contribution in [0.1, 0.15) is 36.8 Å². The van der Waals surface area contributed by atoms with Crippen molar-refractivity contribution in [3.05, 3.63) is 35.4 Å². The largest absolute Gasteiger partial charge is 0.378 e. The van der Waals surface area contributed by atoms with Crippen molar-refractivity contribution >= 4 is 22.6 Å². The lowest BCUT2D eigenvalue weighted by molar-refractivity contribution is 0.0383. The molecule has 2 amide bonds. The lowest BCUT2D eigenvalue weighted by atomic mass is 10.1. The first-order valence-electron chi connectivity index (χ1n) is 10.4. The number of aromatic nitrogens is 4. The Hall–Kier alpha value is -2.74. The number of morpholine rings is 1. The highest BCUT2D eigenvalue weighted by Gasteiger charge is 2.31. The van der Waals surface area contributed by atoms with Gasteiger partial charge in [-0.15, -0.1) is 5.10 Å². The van der Waals surface area contributed by atoms with E-state index < -0.39 is 0 Å².